The van der Waals surface area contributed by atoms with Crippen LogP contribution in [0, 0.1) is 0 Å². The van der Waals surface area contributed by atoms with E-state index in [9.17, 15) is 19.2 Å². The van der Waals surface area contributed by atoms with E-state index < -0.39 is 36.5 Å². The van der Waals surface area contributed by atoms with Crippen molar-refractivity contribution in [3.63, 3.8) is 0 Å². The smallest absolute Gasteiger partial charge is 0.348 e. The van der Waals surface area contributed by atoms with E-state index in [2.05, 4.69) is 5.32 Å². The van der Waals surface area contributed by atoms with Crippen molar-refractivity contribution in [2.24, 2.45) is 0 Å². The van der Waals surface area contributed by atoms with Crippen LogP contribution >= 0.6 is 11.3 Å². The first-order valence-corrected chi connectivity index (χ1v) is 10.8. The first kappa shape index (κ1) is 24.5. The fourth-order valence-corrected chi connectivity index (χ4v) is 4.11. The maximum absolute atomic E-state index is 13.0. The molecule has 0 spiro atoms. The second kappa shape index (κ2) is 11.1. The fourth-order valence-electron chi connectivity index (χ4n) is 3.13. The third-order valence-corrected chi connectivity index (χ3v) is 5.81. The number of ether oxygens (including phenoxy) is 3. The fraction of sp³-hybridized carbons (Fsp3) is 0.217. The molecule has 0 aliphatic rings. The van der Waals surface area contributed by atoms with Gasteiger partial charge in [-0.3, -0.25) is 4.79 Å². The second-order valence-corrected chi connectivity index (χ2v) is 7.99. The van der Waals surface area contributed by atoms with Crippen molar-refractivity contribution in [2.45, 2.75) is 19.1 Å². The van der Waals surface area contributed by atoms with E-state index in [-0.39, 0.29) is 33.2 Å². The van der Waals surface area contributed by atoms with Crippen LogP contribution in [0.15, 0.2) is 53.1 Å². The summed E-state index contributed by atoms with van der Waals surface area (Å²) in [5.74, 6) is -2.91. The summed E-state index contributed by atoms with van der Waals surface area (Å²) in [7, 11) is 2.33. The average molecular weight is 487 g/mol. The van der Waals surface area contributed by atoms with Gasteiger partial charge in [0.2, 0.25) is 0 Å². The lowest BCUT2D eigenvalue weighted by Crippen LogP contribution is -2.43. The molecule has 0 fully saturated rings. The Morgan fingerprint density at radius 3 is 2.35 bits per heavy atom. The van der Waals surface area contributed by atoms with Crippen LogP contribution < -0.4 is 11.1 Å². The Hall–Kier alpha value is -4.12. The van der Waals surface area contributed by atoms with Crippen LogP contribution in [-0.4, -0.2) is 44.1 Å². The van der Waals surface area contributed by atoms with Crippen molar-refractivity contribution in [1.82, 2.24) is 5.32 Å². The van der Waals surface area contributed by atoms with Gasteiger partial charge in [0.05, 0.1) is 20.5 Å². The number of carbonyl (C=O) groups is 4. The number of anilines is 1. The molecule has 1 amide bonds. The number of methoxy groups -OCH3 is 2. The molecule has 0 saturated heterocycles. The Morgan fingerprint density at radius 1 is 1.03 bits per heavy atom. The molecule has 0 unspecified atom stereocenters. The molecule has 34 heavy (non-hydrogen) atoms. The molecule has 0 bridgehead atoms. The minimum atomic E-state index is -1.08. The van der Waals surface area contributed by atoms with Gasteiger partial charge in [-0.05, 0) is 17.7 Å². The number of furan rings is 1. The number of rotatable bonds is 9. The van der Waals surface area contributed by atoms with E-state index in [1.807, 2.05) is 6.07 Å². The first-order chi connectivity index (χ1) is 16.3. The number of amides is 1. The lowest BCUT2D eigenvalue weighted by Gasteiger charge is -2.18. The predicted molar refractivity (Wildman–Crippen MR) is 121 cm³/mol. The topological polar surface area (TPSA) is 147 Å². The number of benzene rings is 1. The molecular weight excluding hydrogens is 464 g/mol. The minimum absolute atomic E-state index is 0.00688. The van der Waals surface area contributed by atoms with Crippen molar-refractivity contribution in [3.05, 3.63) is 76.1 Å². The number of hydrogen-bond acceptors (Lipinski definition) is 10. The van der Waals surface area contributed by atoms with Gasteiger partial charge in [-0.25, -0.2) is 14.4 Å². The number of nitrogen functional groups attached to an aromatic ring is 1. The van der Waals surface area contributed by atoms with Gasteiger partial charge in [0.1, 0.15) is 28.1 Å². The minimum Gasteiger partial charge on any atom is -0.465 e. The zero-order valence-corrected chi connectivity index (χ0v) is 19.2. The highest BCUT2D eigenvalue weighted by atomic mass is 32.1. The first-order valence-electron chi connectivity index (χ1n) is 9.98. The Bertz CT molecular complexity index is 1170. The Morgan fingerprint density at radius 2 is 1.74 bits per heavy atom. The van der Waals surface area contributed by atoms with Crippen molar-refractivity contribution in [1.29, 1.82) is 0 Å². The van der Waals surface area contributed by atoms with Gasteiger partial charge in [-0.15, -0.1) is 11.3 Å². The number of hydrogen-bond donors (Lipinski definition) is 2. The predicted octanol–water partition coefficient (Wildman–Crippen LogP) is 2.58. The second-order valence-electron chi connectivity index (χ2n) is 6.93. The van der Waals surface area contributed by atoms with E-state index in [1.54, 1.807) is 30.3 Å². The van der Waals surface area contributed by atoms with E-state index in [4.69, 9.17) is 24.4 Å². The van der Waals surface area contributed by atoms with Gasteiger partial charge in [-0.1, -0.05) is 30.3 Å². The Balaban J connectivity index is 1.84. The molecule has 2 aromatic heterocycles. The standard InChI is InChI=1S/C23H22N2O8S/c1-30-22(28)17-14(18(23(29)31-2)34-19(17)24)12-33-21(27)15(11-13-7-4-3-5-8-13)25-20(26)16-9-6-10-32-16/h3-10,15H,11-12,24H2,1-2H3,(H,25,26)/t15-/m0/s1. The zero-order valence-electron chi connectivity index (χ0n) is 18.4. The van der Waals surface area contributed by atoms with Gasteiger partial charge >= 0.3 is 17.9 Å². The summed E-state index contributed by atoms with van der Waals surface area (Å²) >= 11 is 0.818. The van der Waals surface area contributed by atoms with Crippen molar-refractivity contribution in [2.75, 3.05) is 20.0 Å². The maximum atomic E-state index is 13.0. The van der Waals surface area contributed by atoms with Crippen molar-refractivity contribution < 1.29 is 37.8 Å². The van der Waals surface area contributed by atoms with Gasteiger partial charge in [0.15, 0.2) is 5.76 Å². The van der Waals surface area contributed by atoms with Gasteiger partial charge in [-0.2, -0.15) is 0 Å². The third kappa shape index (κ3) is 5.62. The number of thiophene rings is 1. The van der Waals surface area contributed by atoms with E-state index >= 15 is 0 Å². The van der Waals surface area contributed by atoms with Crippen LogP contribution in [0.25, 0.3) is 0 Å². The molecule has 10 nitrogen and oxygen atoms in total. The highest BCUT2D eigenvalue weighted by Gasteiger charge is 2.30. The van der Waals surface area contributed by atoms with Gasteiger partial charge in [0.25, 0.3) is 5.91 Å². The molecule has 3 N–H and O–H groups in total. The molecule has 0 aliphatic heterocycles. The number of carbonyl (C=O) groups excluding carboxylic acids is 4. The van der Waals surface area contributed by atoms with E-state index in [0.29, 0.717) is 0 Å². The Kier molecular flexibility index (Phi) is 8.04. The van der Waals surface area contributed by atoms with Crippen molar-refractivity contribution in [3.8, 4) is 0 Å². The summed E-state index contributed by atoms with van der Waals surface area (Å²) in [5, 5.41) is 2.61. The molecule has 1 atom stereocenters. The Labute approximate surface area is 198 Å². The monoisotopic (exact) mass is 486 g/mol. The van der Waals surface area contributed by atoms with Crippen LogP contribution in [0.2, 0.25) is 0 Å². The summed E-state index contributed by atoms with van der Waals surface area (Å²) in [6, 6.07) is 10.9. The zero-order chi connectivity index (χ0) is 24.7. The molecule has 0 saturated carbocycles. The van der Waals surface area contributed by atoms with Crippen LogP contribution in [0.1, 0.15) is 41.7 Å². The van der Waals surface area contributed by atoms with Crippen LogP contribution in [0.3, 0.4) is 0 Å². The number of esters is 3. The van der Waals surface area contributed by atoms with Gasteiger partial charge < -0.3 is 29.7 Å². The van der Waals surface area contributed by atoms with Crippen LogP contribution in [0.5, 0.6) is 0 Å². The average Bonchev–Trinajstić information content (AvgIpc) is 3.50. The summed E-state index contributed by atoms with van der Waals surface area (Å²) in [6.07, 6.45) is 1.47. The van der Waals surface area contributed by atoms with Crippen LogP contribution in [0.4, 0.5) is 5.00 Å². The maximum Gasteiger partial charge on any atom is 0.348 e. The summed E-state index contributed by atoms with van der Waals surface area (Å²) in [4.78, 5) is 49.9. The normalized spacial score (nSPS) is 11.4. The van der Waals surface area contributed by atoms with Gasteiger partial charge in [0, 0.05) is 12.0 Å². The van der Waals surface area contributed by atoms with E-state index in [1.165, 1.54) is 19.4 Å². The number of nitrogens with two attached hydrogens (primary N) is 1. The molecule has 11 heteroatoms. The van der Waals surface area contributed by atoms with Crippen molar-refractivity contribution >= 4 is 40.2 Å². The molecule has 3 rings (SSSR count). The molecule has 1 aromatic carbocycles. The van der Waals surface area contributed by atoms with Crippen LogP contribution in [-0.2, 0) is 32.0 Å². The lowest BCUT2D eigenvalue weighted by molar-refractivity contribution is -0.147. The molecular formula is C23H22N2O8S. The molecule has 2 heterocycles. The molecule has 3 aromatic rings. The third-order valence-electron chi connectivity index (χ3n) is 4.77. The molecule has 0 radical (unpaired) electrons. The molecule has 0 aliphatic carbocycles. The highest BCUT2D eigenvalue weighted by Crippen LogP contribution is 2.33. The lowest BCUT2D eigenvalue weighted by atomic mass is 10.1. The summed E-state index contributed by atoms with van der Waals surface area (Å²) in [5.41, 5.74) is 6.65. The largest absolute Gasteiger partial charge is 0.465 e. The summed E-state index contributed by atoms with van der Waals surface area (Å²) in [6.45, 7) is -0.469. The SMILES string of the molecule is COC(=O)c1sc(N)c(C(=O)OC)c1COC(=O)[C@H](Cc1ccccc1)NC(=O)c1ccco1. The number of nitrogens with one attached hydrogen (secondary N) is 1. The van der Waals surface area contributed by atoms with E-state index in [0.717, 1.165) is 24.0 Å². The molecule has 178 valence electrons. The summed E-state index contributed by atoms with van der Waals surface area (Å²) < 4.78 is 20.0. The highest BCUT2D eigenvalue weighted by molar-refractivity contribution is 7.18. The quantitative estimate of drug-likeness (QED) is 0.344.